The van der Waals surface area contributed by atoms with E-state index in [4.69, 9.17) is 0 Å². The summed E-state index contributed by atoms with van der Waals surface area (Å²) >= 11 is 0. The van der Waals surface area contributed by atoms with E-state index in [1.165, 1.54) is 25.7 Å². The number of aryl methyl sites for hydroxylation is 2. The Hall–Kier alpha value is -1.97. The number of hydrogen-bond acceptors (Lipinski definition) is 3. The largest absolute Gasteiger partial charge is 0.296 e. The van der Waals surface area contributed by atoms with E-state index in [2.05, 4.69) is 17.2 Å². The molecule has 0 aliphatic heterocycles. The molecule has 2 aromatic rings. The molecule has 0 spiro atoms. The second kappa shape index (κ2) is 7.72. The Morgan fingerprint density at radius 3 is 2.62 bits per heavy atom. The molecule has 0 unspecified atom stereocenters. The maximum atomic E-state index is 11.2. The fourth-order valence-electron chi connectivity index (χ4n) is 2.54. The fourth-order valence-corrected chi connectivity index (χ4v) is 2.54. The van der Waals surface area contributed by atoms with Crippen molar-refractivity contribution in [2.24, 2.45) is 0 Å². The van der Waals surface area contributed by atoms with Gasteiger partial charge in [0.2, 0.25) is 0 Å². The molecule has 0 saturated carbocycles. The molecule has 1 aromatic carbocycles. The molecular weight excluding hydrogens is 262 g/mol. The number of carbonyl (C=O) groups excluding carboxylic acids is 1. The number of unbranched alkanes of at least 4 members (excludes halogenated alkanes) is 4. The summed E-state index contributed by atoms with van der Waals surface area (Å²) < 4.78 is 1.87. The number of benzene rings is 1. The van der Waals surface area contributed by atoms with E-state index in [1.54, 1.807) is 0 Å². The highest BCUT2D eigenvalue weighted by Gasteiger charge is 2.15. The van der Waals surface area contributed by atoms with Crippen molar-refractivity contribution in [2.45, 2.75) is 52.5 Å². The third-order valence-electron chi connectivity index (χ3n) is 3.75. The van der Waals surface area contributed by atoms with E-state index in [9.17, 15) is 4.79 Å². The highest BCUT2D eigenvalue weighted by atomic mass is 16.1. The molecular formula is C17H23N3O. The number of carbonyl (C=O) groups is 1. The van der Waals surface area contributed by atoms with Crippen LogP contribution in [-0.4, -0.2) is 21.3 Å². The lowest BCUT2D eigenvalue weighted by Gasteiger charge is -2.09. The molecule has 1 heterocycles. The van der Waals surface area contributed by atoms with Gasteiger partial charge in [0.05, 0.1) is 5.69 Å². The lowest BCUT2D eigenvalue weighted by molar-refractivity contribution is 0.111. The van der Waals surface area contributed by atoms with E-state index in [0.29, 0.717) is 5.69 Å². The van der Waals surface area contributed by atoms with Gasteiger partial charge in [0, 0.05) is 12.1 Å². The van der Waals surface area contributed by atoms with Crippen molar-refractivity contribution in [3.8, 4) is 11.3 Å². The van der Waals surface area contributed by atoms with Crippen molar-refractivity contribution in [1.29, 1.82) is 0 Å². The summed E-state index contributed by atoms with van der Waals surface area (Å²) in [6, 6.07) is 8.05. The minimum Gasteiger partial charge on any atom is -0.296 e. The van der Waals surface area contributed by atoms with Gasteiger partial charge in [0.1, 0.15) is 0 Å². The summed E-state index contributed by atoms with van der Waals surface area (Å²) in [7, 11) is 0. The van der Waals surface area contributed by atoms with Crippen molar-refractivity contribution in [2.75, 3.05) is 0 Å². The van der Waals surface area contributed by atoms with Gasteiger partial charge in [-0.1, -0.05) is 62.1 Å². The summed E-state index contributed by atoms with van der Waals surface area (Å²) in [5.74, 6) is 0. The smallest absolute Gasteiger partial charge is 0.172 e. The van der Waals surface area contributed by atoms with Crippen molar-refractivity contribution in [3.63, 3.8) is 0 Å². The van der Waals surface area contributed by atoms with E-state index in [0.717, 1.165) is 36.1 Å². The molecule has 0 amide bonds. The van der Waals surface area contributed by atoms with Gasteiger partial charge in [0.15, 0.2) is 12.0 Å². The van der Waals surface area contributed by atoms with Crippen molar-refractivity contribution in [1.82, 2.24) is 15.0 Å². The first-order valence-electron chi connectivity index (χ1n) is 7.72. The van der Waals surface area contributed by atoms with E-state index < -0.39 is 0 Å². The maximum Gasteiger partial charge on any atom is 0.172 e. The van der Waals surface area contributed by atoms with Crippen LogP contribution in [0.25, 0.3) is 11.3 Å². The molecule has 4 heteroatoms. The first-order valence-corrected chi connectivity index (χ1v) is 7.72. The predicted octanol–water partition coefficient (Wildman–Crippen LogP) is 4.04. The van der Waals surface area contributed by atoms with Gasteiger partial charge in [-0.05, 0) is 18.9 Å². The lowest BCUT2D eigenvalue weighted by Crippen LogP contribution is -2.04. The Morgan fingerprint density at radius 1 is 1.14 bits per heavy atom. The monoisotopic (exact) mass is 285 g/mol. The Labute approximate surface area is 126 Å². The summed E-state index contributed by atoms with van der Waals surface area (Å²) in [5.41, 5.74) is 3.45. The Bertz CT molecular complexity index is 589. The fraction of sp³-hybridized carbons (Fsp3) is 0.471. The average molecular weight is 285 g/mol. The van der Waals surface area contributed by atoms with Crippen molar-refractivity contribution in [3.05, 3.63) is 35.5 Å². The van der Waals surface area contributed by atoms with Gasteiger partial charge in [-0.2, -0.15) is 0 Å². The molecule has 4 nitrogen and oxygen atoms in total. The van der Waals surface area contributed by atoms with Gasteiger partial charge in [-0.3, -0.25) is 4.79 Å². The maximum absolute atomic E-state index is 11.2. The highest BCUT2D eigenvalue weighted by molar-refractivity contribution is 5.84. The van der Waals surface area contributed by atoms with Gasteiger partial charge in [0.25, 0.3) is 0 Å². The zero-order chi connectivity index (χ0) is 15.1. The molecule has 0 aliphatic rings. The minimum atomic E-state index is 0.429. The average Bonchev–Trinajstić information content (AvgIpc) is 2.90. The highest BCUT2D eigenvalue weighted by Crippen LogP contribution is 2.25. The third kappa shape index (κ3) is 3.78. The number of rotatable bonds is 8. The molecule has 0 bridgehead atoms. The summed E-state index contributed by atoms with van der Waals surface area (Å²) in [4.78, 5) is 11.2. The third-order valence-corrected chi connectivity index (χ3v) is 3.75. The number of hydrogen-bond donors (Lipinski definition) is 0. The van der Waals surface area contributed by atoms with Gasteiger partial charge < -0.3 is 0 Å². The van der Waals surface area contributed by atoms with Crippen LogP contribution >= 0.6 is 0 Å². The molecule has 0 radical (unpaired) electrons. The summed E-state index contributed by atoms with van der Waals surface area (Å²) in [6.45, 7) is 5.07. The normalized spacial score (nSPS) is 10.8. The van der Waals surface area contributed by atoms with Crippen LogP contribution in [0, 0.1) is 6.92 Å². The first-order chi connectivity index (χ1) is 10.3. The van der Waals surface area contributed by atoms with Crippen LogP contribution in [0.3, 0.4) is 0 Å². The Balaban J connectivity index is 2.18. The molecule has 0 fully saturated rings. The Morgan fingerprint density at radius 2 is 1.90 bits per heavy atom. The lowest BCUT2D eigenvalue weighted by atomic mass is 10.0. The van der Waals surface area contributed by atoms with Crippen LogP contribution in [0.4, 0.5) is 0 Å². The molecule has 2 rings (SSSR count). The molecule has 1 aromatic heterocycles. The second-order valence-corrected chi connectivity index (χ2v) is 5.39. The van der Waals surface area contributed by atoms with E-state index in [-0.39, 0.29) is 0 Å². The van der Waals surface area contributed by atoms with Crippen LogP contribution in [0.2, 0.25) is 0 Å². The van der Waals surface area contributed by atoms with Gasteiger partial charge in [-0.25, -0.2) is 4.68 Å². The SMILES string of the molecule is CCCCCCCn1nnc(C=O)c1-c1ccccc1C. The van der Waals surface area contributed by atoms with Crippen LogP contribution in [0.1, 0.15) is 55.1 Å². The molecule has 0 N–H and O–H groups in total. The topological polar surface area (TPSA) is 47.8 Å². The number of aromatic nitrogens is 3. The van der Waals surface area contributed by atoms with Crippen molar-refractivity contribution >= 4 is 6.29 Å². The standard InChI is InChI=1S/C17H23N3O/c1-3-4-5-6-9-12-20-17(16(13-21)18-19-20)15-11-8-7-10-14(15)2/h7-8,10-11,13H,3-6,9,12H2,1-2H3. The molecule has 0 saturated heterocycles. The summed E-state index contributed by atoms with van der Waals surface area (Å²) in [5, 5.41) is 8.17. The summed E-state index contributed by atoms with van der Waals surface area (Å²) in [6.07, 6.45) is 6.83. The molecule has 21 heavy (non-hydrogen) atoms. The molecule has 0 atom stereocenters. The van der Waals surface area contributed by atoms with Crippen LogP contribution in [-0.2, 0) is 6.54 Å². The molecule has 112 valence electrons. The molecule has 0 aliphatic carbocycles. The van der Waals surface area contributed by atoms with Gasteiger partial charge >= 0.3 is 0 Å². The van der Waals surface area contributed by atoms with Crippen LogP contribution in [0.15, 0.2) is 24.3 Å². The number of aldehydes is 1. The van der Waals surface area contributed by atoms with Crippen LogP contribution in [0.5, 0.6) is 0 Å². The minimum absolute atomic E-state index is 0.429. The van der Waals surface area contributed by atoms with E-state index in [1.807, 2.05) is 35.9 Å². The zero-order valence-corrected chi connectivity index (χ0v) is 12.9. The number of nitrogens with zero attached hydrogens (tertiary/aromatic N) is 3. The first kappa shape index (κ1) is 15.4. The predicted molar refractivity (Wildman–Crippen MR) is 84.3 cm³/mol. The quantitative estimate of drug-likeness (QED) is 0.543. The zero-order valence-electron chi connectivity index (χ0n) is 12.9. The van der Waals surface area contributed by atoms with E-state index >= 15 is 0 Å². The van der Waals surface area contributed by atoms with Crippen molar-refractivity contribution < 1.29 is 4.79 Å². The van der Waals surface area contributed by atoms with Gasteiger partial charge in [-0.15, -0.1) is 5.10 Å². The van der Waals surface area contributed by atoms with Crippen LogP contribution < -0.4 is 0 Å². The Kier molecular flexibility index (Phi) is 5.67. The second-order valence-electron chi connectivity index (χ2n) is 5.39.